The number of aromatic nitrogens is 1. The predicted molar refractivity (Wildman–Crippen MR) is 128 cm³/mol. The summed E-state index contributed by atoms with van der Waals surface area (Å²) in [5.41, 5.74) is 1.43. The number of piperidine rings is 1. The van der Waals surface area contributed by atoms with Crippen LogP contribution in [-0.4, -0.2) is 41.9 Å². The highest BCUT2D eigenvalue weighted by Crippen LogP contribution is 2.34. The maximum absolute atomic E-state index is 13.5. The predicted octanol–water partition coefficient (Wildman–Crippen LogP) is 5.33. The van der Waals surface area contributed by atoms with Crippen molar-refractivity contribution in [1.82, 2.24) is 9.88 Å². The second kappa shape index (κ2) is 9.88. The molecule has 0 spiro atoms. The van der Waals surface area contributed by atoms with Gasteiger partial charge < -0.3 is 10.2 Å². The summed E-state index contributed by atoms with van der Waals surface area (Å²) >= 11 is 6.12. The van der Waals surface area contributed by atoms with E-state index in [4.69, 9.17) is 11.6 Å². The highest BCUT2D eigenvalue weighted by molar-refractivity contribution is 7.85. The molecule has 0 atom stereocenters. The van der Waals surface area contributed by atoms with Gasteiger partial charge in [-0.15, -0.1) is 0 Å². The van der Waals surface area contributed by atoms with Crippen molar-refractivity contribution in [2.75, 3.05) is 18.4 Å². The maximum atomic E-state index is 13.5. The first-order valence-corrected chi connectivity index (χ1v) is 12.6. The SMILES string of the molecule is Cc1c(S(=O)(=O)O)ncc(C(=O)N2CCC(c3ccc(F)cc3)CC2)c1Nc1ccc(F)cc1Cl. The van der Waals surface area contributed by atoms with Crippen LogP contribution < -0.4 is 5.32 Å². The second-order valence-corrected chi connectivity index (χ2v) is 10.1. The van der Waals surface area contributed by atoms with Crippen LogP contribution in [0.2, 0.25) is 5.02 Å². The van der Waals surface area contributed by atoms with E-state index in [1.54, 1.807) is 17.0 Å². The molecule has 3 aromatic rings. The first-order valence-electron chi connectivity index (χ1n) is 10.8. The van der Waals surface area contributed by atoms with E-state index in [0.717, 1.165) is 23.9 Å². The second-order valence-electron chi connectivity index (χ2n) is 8.32. The van der Waals surface area contributed by atoms with Gasteiger partial charge in [0.1, 0.15) is 11.6 Å². The zero-order valence-corrected chi connectivity index (χ0v) is 20.2. The van der Waals surface area contributed by atoms with Crippen LogP contribution in [0, 0.1) is 18.6 Å². The third-order valence-electron chi connectivity index (χ3n) is 6.07. The Kier molecular flexibility index (Phi) is 7.07. The quantitative estimate of drug-likeness (QED) is 0.440. The number of hydrogen-bond donors (Lipinski definition) is 2. The zero-order chi connectivity index (χ0) is 25.3. The van der Waals surface area contributed by atoms with Crippen molar-refractivity contribution in [3.63, 3.8) is 0 Å². The number of carbonyl (C=O) groups is 1. The summed E-state index contributed by atoms with van der Waals surface area (Å²) in [6.45, 7) is 2.25. The molecular weight excluding hydrogens is 500 g/mol. The molecule has 7 nitrogen and oxygen atoms in total. The van der Waals surface area contributed by atoms with Gasteiger partial charge in [0.15, 0.2) is 5.03 Å². The lowest BCUT2D eigenvalue weighted by atomic mass is 9.89. The molecule has 2 N–H and O–H groups in total. The highest BCUT2D eigenvalue weighted by atomic mass is 35.5. The van der Waals surface area contributed by atoms with Gasteiger partial charge in [-0.2, -0.15) is 8.42 Å². The Hall–Kier alpha value is -3.08. The van der Waals surface area contributed by atoms with Crippen molar-refractivity contribution < 1.29 is 26.5 Å². The van der Waals surface area contributed by atoms with Gasteiger partial charge in [-0.25, -0.2) is 13.8 Å². The van der Waals surface area contributed by atoms with Crippen LogP contribution in [0.25, 0.3) is 0 Å². The summed E-state index contributed by atoms with van der Waals surface area (Å²) in [5.74, 6) is -1.08. The molecule has 35 heavy (non-hydrogen) atoms. The van der Waals surface area contributed by atoms with E-state index >= 15 is 0 Å². The Morgan fingerprint density at radius 1 is 1.11 bits per heavy atom. The fourth-order valence-electron chi connectivity index (χ4n) is 4.22. The Bertz CT molecular complexity index is 1380. The van der Waals surface area contributed by atoms with Crippen molar-refractivity contribution in [2.45, 2.75) is 30.7 Å². The minimum absolute atomic E-state index is 0.0138. The molecule has 0 unspecified atom stereocenters. The molecule has 2 aromatic carbocycles. The summed E-state index contributed by atoms with van der Waals surface area (Å²) in [6, 6.07) is 9.91. The topological polar surface area (TPSA) is 99.6 Å². The molecule has 1 amide bonds. The van der Waals surface area contributed by atoms with Crippen molar-refractivity contribution in [3.8, 4) is 0 Å². The third kappa shape index (κ3) is 5.44. The number of nitrogens with one attached hydrogen (secondary N) is 1. The Morgan fingerprint density at radius 3 is 2.34 bits per heavy atom. The summed E-state index contributed by atoms with van der Waals surface area (Å²) in [6.07, 6.45) is 2.42. The van der Waals surface area contributed by atoms with Gasteiger partial charge in [0, 0.05) is 24.8 Å². The molecule has 2 heterocycles. The molecule has 184 valence electrons. The van der Waals surface area contributed by atoms with Crippen molar-refractivity contribution in [1.29, 1.82) is 0 Å². The van der Waals surface area contributed by atoms with E-state index in [2.05, 4.69) is 10.3 Å². The van der Waals surface area contributed by atoms with Crippen LogP contribution in [0.15, 0.2) is 53.7 Å². The van der Waals surface area contributed by atoms with E-state index in [-0.39, 0.29) is 45.2 Å². The number of carbonyl (C=O) groups excluding carboxylic acids is 1. The first-order chi connectivity index (χ1) is 16.5. The molecule has 11 heteroatoms. The number of anilines is 2. The number of pyridine rings is 1. The number of nitrogens with zero attached hydrogens (tertiary/aromatic N) is 2. The number of hydrogen-bond acceptors (Lipinski definition) is 5. The van der Waals surface area contributed by atoms with Crippen LogP contribution >= 0.6 is 11.6 Å². The lowest BCUT2D eigenvalue weighted by Crippen LogP contribution is -2.38. The average molecular weight is 522 g/mol. The number of amides is 1. The first kappa shape index (κ1) is 25.0. The van der Waals surface area contributed by atoms with Crippen LogP contribution in [0.5, 0.6) is 0 Å². The van der Waals surface area contributed by atoms with E-state index in [1.165, 1.54) is 25.1 Å². The lowest BCUT2D eigenvalue weighted by molar-refractivity contribution is 0.0713. The van der Waals surface area contributed by atoms with Gasteiger partial charge in [-0.05, 0) is 61.6 Å². The molecule has 4 rings (SSSR count). The summed E-state index contributed by atoms with van der Waals surface area (Å²) < 4.78 is 59.9. The van der Waals surface area contributed by atoms with Crippen LogP contribution in [0.1, 0.15) is 40.2 Å². The Labute approximate surface area is 206 Å². The third-order valence-corrected chi connectivity index (χ3v) is 7.28. The number of likely N-dealkylation sites (tertiary alicyclic amines) is 1. The van der Waals surface area contributed by atoms with Gasteiger partial charge in [0.05, 0.1) is 22.0 Å². The van der Waals surface area contributed by atoms with Crippen LogP contribution in [-0.2, 0) is 10.1 Å². The fourth-order valence-corrected chi connectivity index (χ4v) is 5.11. The van der Waals surface area contributed by atoms with Crippen molar-refractivity contribution >= 4 is 39.0 Å². The van der Waals surface area contributed by atoms with E-state index in [1.807, 2.05) is 0 Å². The molecule has 0 saturated carbocycles. The summed E-state index contributed by atoms with van der Waals surface area (Å²) in [5, 5.41) is 2.33. The van der Waals surface area contributed by atoms with Gasteiger partial charge in [-0.1, -0.05) is 23.7 Å². The fraction of sp³-hybridized carbons (Fsp3) is 0.250. The Morgan fingerprint density at radius 2 is 1.74 bits per heavy atom. The van der Waals surface area contributed by atoms with E-state index in [0.29, 0.717) is 25.9 Å². The molecule has 1 aromatic heterocycles. The van der Waals surface area contributed by atoms with Gasteiger partial charge in [0.2, 0.25) is 0 Å². The van der Waals surface area contributed by atoms with E-state index in [9.17, 15) is 26.5 Å². The normalized spacial score (nSPS) is 14.7. The number of benzene rings is 2. The Balaban J connectivity index is 1.63. The van der Waals surface area contributed by atoms with Gasteiger partial charge in [0.25, 0.3) is 5.91 Å². The molecule has 1 saturated heterocycles. The minimum atomic E-state index is -4.67. The summed E-state index contributed by atoms with van der Waals surface area (Å²) in [7, 11) is -4.67. The number of rotatable bonds is 5. The van der Waals surface area contributed by atoms with Gasteiger partial charge >= 0.3 is 10.1 Å². The smallest absolute Gasteiger partial charge is 0.312 e. The molecular formula is C24H22ClF2N3O4S. The minimum Gasteiger partial charge on any atom is -0.353 e. The monoisotopic (exact) mass is 521 g/mol. The average Bonchev–Trinajstić information content (AvgIpc) is 2.81. The molecule has 0 bridgehead atoms. The lowest BCUT2D eigenvalue weighted by Gasteiger charge is -2.33. The standard InChI is InChI=1S/C24H22ClF2N3O4S/c1-14-22(29-21-7-6-18(27)12-20(21)25)19(13-28-23(14)35(32,33)34)24(31)30-10-8-16(9-11-30)15-2-4-17(26)5-3-15/h2-7,12-13,16H,8-11H2,1H3,(H,28,29)(H,32,33,34). The zero-order valence-electron chi connectivity index (χ0n) is 18.6. The van der Waals surface area contributed by atoms with Crippen molar-refractivity contribution in [2.24, 2.45) is 0 Å². The highest BCUT2D eigenvalue weighted by Gasteiger charge is 2.29. The number of halogens is 3. The van der Waals surface area contributed by atoms with Gasteiger partial charge in [-0.3, -0.25) is 9.35 Å². The largest absolute Gasteiger partial charge is 0.353 e. The maximum Gasteiger partial charge on any atom is 0.312 e. The molecule has 1 aliphatic heterocycles. The molecule has 0 aliphatic carbocycles. The molecule has 0 radical (unpaired) electrons. The van der Waals surface area contributed by atoms with Crippen LogP contribution in [0.3, 0.4) is 0 Å². The van der Waals surface area contributed by atoms with Crippen molar-refractivity contribution in [3.05, 3.63) is 82.0 Å². The van der Waals surface area contributed by atoms with Crippen LogP contribution in [0.4, 0.5) is 20.2 Å². The van der Waals surface area contributed by atoms with E-state index < -0.39 is 21.0 Å². The molecule has 1 fully saturated rings. The summed E-state index contributed by atoms with van der Waals surface area (Å²) in [4.78, 5) is 18.9. The molecule has 1 aliphatic rings.